The molecule has 4 aromatic rings. The molecule has 7 heteroatoms. The SMILES string of the molecule is NC(=O)C(c1ccccc1)(c1ccccc1)C1CCN(CCCc2ccc(CCCNC(Cc3ccccc3)C3=COCO3)s2)C1. The molecule has 46 heavy (non-hydrogen) atoms. The van der Waals surface area contributed by atoms with Crippen LogP contribution in [-0.4, -0.2) is 49.8 Å². The van der Waals surface area contributed by atoms with Gasteiger partial charge in [0.1, 0.15) is 11.7 Å². The van der Waals surface area contributed by atoms with Crippen LogP contribution in [0.4, 0.5) is 0 Å². The Morgan fingerprint density at radius 3 is 2.13 bits per heavy atom. The summed E-state index contributed by atoms with van der Waals surface area (Å²) in [5.74, 6) is 0.753. The van der Waals surface area contributed by atoms with Gasteiger partial charge >= 0.3 is 0 Å². The first-order valence-electron chi connectivity index (χ1n) is 16.6. The van der Waals surface area contributed by atoms with Gasteiger partial charge in [0.2, 0.25) is 12.7 Å². The number of ether oxygens (including phenoxy) is 2. The molecule has 3 N–H and O–H groups in total. The molecular formula is C39H45N3O3S. The highest BCUT2D eigenvalue weighted by molar-refractivity contribution is 7.11. The Bertz CT molecular complexity index is 1520. The van der Waals surface area contributed by atoms with Gasteiger partial charge in [0.05, 0.1) is 6.04 Å². The van der Waals surface area contributed by atoms with Crippen molar-refractivity contribution in [2.75, 3.05) is 33.0 Å². The Balaban J connectivity index is 0.980. The lowest BCUT2D eigenvalue weighted by molar-refractivity contribution is -0.123. The normalized spacial score (nSPS) is 17.3. The van der Waals surface area contributed by atoms with E-state index in [2.05, 4.69) is 70.9 Å². The Morgan fingerprint density at radius 2 is 1.52 bits per heavy atom. The first-order valence-corrected chi connectivity index (χ1v) is 17.4. The smallest absolute Gasteiger partial charge is 0.232 e. The van der Waals surface area contributed by atoms with Crippen molar-refractivity contribution in [2.45, 2.75) is 50.0 Å². The Morgan fingerprint density at radius 1 is 0.891 bits per heavy atom. The van der Waals surface area contributed by atoms with E-state index in [1.165, 1.54) is 15.3 Å². The molecule has 0 bridgehead atoms. The quantitative estimate of drug-likeness (QED) is 0.138. The van der Waals surface area contributed by atoms with Gasteiger partial charge in [0, 0.05) is 16.3 Å². The zero-order valence-electron chi connectivity index (χ0n) is 26.5. The third-order valence-electron chi connectivity index (χ3n) is 9.46. The van der Waals surface area contributed by atoms with Crippen molar-refractivity contribution in [2.24, 2.45) is 11.7 Å². The topological polar surface area (TPSA) is 76.8 Å². The Hall–Kier alpha value is -3.91. The molecule has 2 unspecified atom stereocenters. The van der Waals surface area contributed by atoms with Gasteiger partial charge < -0.3 is 25.4 Å². The summed E-state index contributed by atoms with van der Waals surface area (Å²) in [6.45, 7) is 4.10. The maximum atomic E-state index is 13.4. The summed E-state index contributed by atoms with van der Waals surface area (Å²) in [4.78, 5) is 18.8. The lowest BCUT2D eigenvalue weighted by Crippen LogP contribution is -2.49. The highest BCUT2D eigenvalue weighted by Crippen LogP contribution is 2.43. The van der Waals surface area contributed by atoms with E-state index in [-0.39, 0.29) is 17.9 Å². The number of hydrogen-bond acceptors (Lipinski definition) is 6. The lowest BCUT2D eigenvalue weighted by atomic mass is 9.64. The molecule has 1 saturated heterocycles. The molecule has 0 spiro atoms. The van der Waals surface area contributed by atoms with E-state index >= 15 is 0 Å². The van der Waals surface area contributed by atoms with E-state index in [0.29, 0.717) is 6.79 Å². The molecule has 1 aromatic heterocycles. The number of amides is 1. The molecule has 0 aliphatic carbocycles. The van der Waals surface area contributed by atoms with Crippen LogP contribution in [0.25, 0.3) is 0 Å². The van der Waals surface area contributed by atoms with Crippen LogP contribution in [0.1, 0.15) is 45.7 Å². The third-order valence-corrected chi connectivity index (χ3v) is 10.7. The van der Waals surface area contributed by atoms with E-state index in [1.807, 2.05) is 53.8 Å². The molecule has 3 aromatic carbocycles. The van der Waals surface area contributed by atoms with Gasteiger partial charge in [0.25, 0.3) is 0 Å². The zero-order chi connectivity index (χ0) is 31.6. The fourth-order valence-electron chi connectivity index (χ4n) is 7.18. The van der Waals surface area contributed by atoms with E-state index in [9.17, 15) is 4.79 Å². The second kappa shape index (κ2) is 15.6. The average Bonchev–Trinajstić information content (AvgIpc) is 3.88. The molecule has 6 rings (SSSR count). The molecule has 1 fully saturated rings. The van der Waals surface area contributed by atoms with Crippen molar-refractivity contribution in [1.82, 2.24) is 10.2 Å². The van der Waals surface area contributed by atoms with Crippen LogP contribution in [0, 0.1) is 5.92 Å². The molecule has 240 valence electrons. The van der Waals surface area contributed by atoms with Crippen LogP contribution in [0.5, 0.6) is 0 Å². The van der Waals surface area contributed by atoms with Crippen LogP contribution in [0.3, 0.4) is 0 Å². The molecule has 0 radical (unpaired) electrons. The highest BCUT2D eigenvalue weighted by Gasteiger charge is 2.49. The molecule has 1 amide bonds. The van der Waals surface area contributed by atoms with Crippen LogP contribution in [-0.2, 0) is 38.9 Å². The molecule has 6 nitrogen and oxygen atoms in total. The maximum absolute atomic E-state index is 13.4. The number of nitrogens with two attached hydrogens (primary N) is 1. The summed E-state index contributed by atoms with van der Waals surface area (Å²) in [6, 6.07) is 35.5. The van der Waals surface area contributed by atoms with Crippen LogP contribution in [0.2, 0.25) is 0 Å². The van der Waals surface area contributed by atoms with Gasteiger partial charge in [0.15, 0.2) is 5.76 Å². The summed E-state index contributed by atoms with van der Waals surface area (Å²) in [5, 5.41) is 3.69. The Kier molecular flexibility index (Phi) is 10.9. The second-order valence-electron chi connectivity index (χ2n) is 12.4. The van der Waals surface area contributed by atoms with Gasteiger partial charge in [-0.2, -0.15) is 0 Å². The van der Waals surface area contributed by atoms with Crippen LogP contribution < -0.4 is 11.1 Å². The van der Waals surface area contributed by atoms with Crippen molar-refractivity contribution < 1.29 is 14.3 Å². The fraction of sp³-hybridized carbons (Fsp3) is 0.359. The number of aryl methyl sites for hydroxylation is 2. The zero-order valence-corrected chi connectivity index (χ0v) is 27.3. The van der Waals surface area contributed by atoms with Gasteiger partial charge in [-0.15, -0.1) is 11.3 Å². The summed E-state index contributed by atoms with van der Waals surface area (Å²) in [7, 11) is 0. The predicted molar refractivity (Wildman–Crippen MR) is 185 cm³/mol. The second-order valence-corrected chi connectivity index (χ2v) is 13.7. The summed E-state index contributed by atoms with van der Waals surface area (Å²) in [6.07, 6.45) is 7.88. The number of benzene rings is 3. The van der Waals surface area contributed by atoms with E-state index in [0.717, 1.165) is 81.6 Å². The number of nitrogens with zero attached hydrogens (tertiary/aromatic N) is 1. The van der Waals surface area contributed by atoms with Crippen molar-refractivity contribution in [1.29, 1.82) is 0 Å². The minimum absolute atomic E-state index is 0.113. The number of hydrogen-bond donors (Lipinski definition) is 2. The predicted octanol–water partition coefficient (Wildman–Crippen LogP) is 6.45. The molecular weight excluding hydrogens is 591 g/mol. The molecule has 2 aliphatic rings. The van der Waals surface area contributed by atoms with Crippen molar-refractivity contribution in [3.05, 3.63) is 142 Å². The third kappa shape index (κ3) is 7.55. The van der Waals surface area contributed by atoms with Crippen LogP contribution >= 0.6 is 11.3 Å². The number of nitrogens with one attached hydrogen (secondary N) is 1. The van der Waals surface area contributed by atoms with Crippen molar-refractivity contribution >= 4 is 17.2 Å². The Labute approximate surface area is 277 Å². The monoisotopic (exact) mass is 635 g/mol. The average molecular weight is 636 g/mol. The van der Waals surface area contributed by atoms with Gasteiger partial charge in [-0.3, -0.25) is 4.79 Å². The first kappa shape index (κ1) is 32.0. The first-order chi connectivity index (χ1) is 22.6. The van der Waals surface area contributed by atoms with E-state index < -0.39 is 5.41 Å². The summed E-state index contributed by atoms with van der Waals surface area (Å²) >= 11 is 1.94. The molecule has 3 heterocycles. The van der Waals surface area contributed by atoms with Gasteiger partial charge in [-0.25, -0.2) is 0 Å². The number of likely N-dealkylation sites (tertiary alicyclic amines) is 1. The summed E-state index contributed by atoms with van der Waals surface area (Å²) < 4.78 is 11.0. The number of carbonyl (C=O) groups excluding carboxylic acids is 1. The lowest BCUT2D eigenvalue weighted by Gasteiger charge is -2.37. The molecule has 2 atom stereocenters. The minimum Gasteiger partial charge on any atom is -0.462 e. The molecule has 2 aliphatic heterocycles. The van der Waals surface area contributed by atoms with Crippen molar-refractivity contribution in [3.63, 3.8) is 0 Å². The number of carbonyl (C=O) groups is 1. The molecule has 0 saturated carbocycles. The van der Waals surface area contributed by atoms with Crippen molar-refractivity contribution in [3.8, 4) is 0 Å². The van der Waals surface area contributed by atoms with Gasteiger partial charge in [-0.05, 0) is 92.9 Å². The number of primary amides is 1. The van der Waals surface area contributed by atoms with Crippen LogP contribution in [0.15, 0.2) is 115 Å². The minimum atomic E-state index is -0.828. The van der Waals surface area contributed by atoms with Gasteiger partial charge in [-0.1, -0.05) is 91.0 Å². The summed E-state index contributed by atoms with van der Waals surface area (Å²) in [5.41, 5.74) is 8.72. The largest absolute Gasteiger partial charge is 0.462 e. The number of rotatable bonds is 16. The number of thiophene rings is 1. The standard InChI is InChI=1S/C39H45N3O3S/c40-38(43)39(31-14-6-2-7-15-31,32-16-8-3-9-17-32)33-22-25-42(27-33)24-11-19-35-21-20-34(46-35)18-10-23-41-36(37-28-44-29-45-37)26-30-12-4-1-5-13-30/h1-9,12-17,20-21,28,33,36,41H,10-11,18-19,22-27,29H2,(H2,40,43). The maximum Gasteiger partial charge on any atom is 0.232 e. The highest BCUT2D eigenvalue weighted by atomic mass is 32.1. The fourth-order valence-corrected chi connectivity index (χ4v) is 8.28. The van der Waals surface area contributed by atoms with E-state index in [1.54, 1.807) is 6.26 Å². The van der Waals surface area contributed by atoms with E-state index in [4.69, 9.17) is 15.2 Å².